The van der Waals surface area contributed by atoms with E-state index in [1.807, 2.05) is 18.2 Å². The molecule has 0 aromatic heterocycles. The van der Waals surface area contributed by atoms with Gasteiger partial charge in [-0.15, -0.1) is 0 Å². The molecule has 0 N–H and O–H groups in total. The van der Waals surface area contributed by atoms with Gasteiger partial charge in [0.05, 0.1) is 7.85 Å². The topological polar surface area (TPSA) is 17.1 Å². The van der Waals surface area contributed by atoms with E-state index in [0.717, 1.165) is 0 Å². The summed E-state index contributed by atoms with van der Waals surface area (Å²) in [7, 11) is 5.42. The Morgan fingerprint density at radius 3 is 2.36 bits per heavy atom. The number of hydrogen-bond acceptors (Lipinski definition) is 1. The molecule has 1 nitrogen and oxygen atoms in total. The first-order valence-electron chi connectivity index (χ1n) is 3.56. The molecule has 0 heterocycles. The molecule has 1 aromatic carbocycles. The second-order valence-electron chi connectivity index (χ2n) is 2.52. The molecule has 54 valence electrons. The van der Waals surface area contributed by atoms with Crippen molar-refractivity contribution < 1.29 is 4.79 Å². The van der Waals surface area contributed by atoms with E-state index >= 15 is 0 Å². The highest BCUT2D eigenvalue weighted by atomic mass is 16.1. The Kier molecular flexibility index (Phi) is 2.47. The molecule has 0 amide bonds. The van der Waals surface area contributed by atoms with E-state index in [1.54, 1.807) is 19.1 Å². The van der Waals surface area contributed by atoms with Crippen molar-refractivity contribution in [1.82, 2.24) is 0 Å². The largest absolute Gasteiger partial charge is 0.295 e. The maximum atomic E-state index is 11.2. The average Bonchev–Trinajstić information content (AvgIpc) is 2.05. The summed E-state index contributed by atoms with van der Waals surface area (Å²) in [6.45, 7) is 1.69. The van der Waals surface area contributed by atoms with E-state index in [1.165, 1.54) is 0 Å². The summed E-state index contributed by atoms with van der Waals surface area (Å²) in [5.41, 5.74) is 0.683. The van der Waals surface area contributed by atoms with Crippen molar-refractivity contribution >= 4 is 13.6 Å². The fraction of sp³-hybridized carbons (Fsp3) is 0.222. The molecular formula is C9H9BO. The molecule has 0 aliphatic carbocycles. The van der Waals surface area contributed by atoms with Crippen LogP contribution in [0, 0.1) is 0 Å². The zero-order chi connectivity index (χ0) is 8.27. The summed E-state index contributed by atoms with van der Waals surface area (Å²) in [5, 5.41) is 0. The van der Waals surface area contributed by atoms with Crippen LogP contribution in [0.3, 0.4) is 0 Å². The van der Waals surface area contributed by atoms with Crippen LogP contribution >= 0.6 is 0 Å². The number of carbonyl (C=O) groups excluding carboxylic acids is 1. The molecule has 0 spiro atoms. The van der Waals surface area contributed by atoms with Gasteiger partial charge in [0.1, 0.15) is 0 Å². The van der Waals surface area contributed by atoms with Gasteiger partial charge in [0.2, 0.25) is 0 Å². The molecule has 2 heteroatoms. The molecule has 0 saturated carbocycles. The smallest absolute Gasteiger partial charge is 0.157 e. The third-order valence-electron chi connectivity index (χ3n) is 1.47. The van der Waals surface area contributed by atoms with Crippen molar-refractivity contribution in [3.63, 3.8) is 0 Å². The highest BCUT2D eigenvalue weighted by molar-refractivity contribution is 6.27. The van der Waals surface area contributed by atoms with Crippen LogP contribution in [0.25, 0.3) is 0 Å². The highest BCUT2D eigenvalue weighted by Gasteiger charge is 2.07. The molecule has 1 atom stereocenters. The summed E-state index contributed by atoms with van der Waals surface area (Å²) in [4.78, 5) is 11.2. The molecule has 0 fully saturated rings. The second-order valence-corrected chi connectivity index (χ2v) is 2.52. The average molecular weight is 144 g/mol. The number of benzene rings is 1. The van der Waals surface area contributed by atoms with Crippen molar-refractivity contribution in [1.29, 1.82) is 0 Å². The molecular weight excluding hydrogens is 135 g/mol. The Morgan fingerprint density at radius 2 is 1.91 bits per heavy atom. The van der Waals surface area contributed by atoms with Gasteiger partial charge < -0.3 is 0 Å². The Balaban J connectivity index is 2.86. The SMILES string of the molecule is [B]C(C)C(=O)c1ccccc1. The van der Waals surface area contributed by atoms with E-state index in [0.29, 0.717) is 5.56 Å². The van der Waals surface area contributed by atoms with E-state index in [4.69, 9.17) is 7.85 Å². The maximum Gasteiger partial charge on any atom is 0.157 e. The third kappa shape index (κ3) is 1.94. The Hall–Kier alpha value is -1.05. The van der Waals surface area contributed by atoms with Crippen LogP contribution in [-0.4, -0.2) is 13.6 Å². The number of carbonyl (C=O) groups is 1. The molecule has 0 aliphatic rings. The number of hydrogen-bond donors (Lipinski definition) is 0. The summed E-state index contributed by atoms with van der Waals surface area (Å²) in [5.74, 6) is -0.414. The van der Waals surface area contributed by atoms with Crippen LogP contribution in [0.1, 0.15) is 17.3 Å². The fourth-order valence-electron chi connectivity index (χ4n) is 0.865. The lowest BCUT2D eigenvalue weighted by molar-refractivity contribution is 0.0989. The molecule has 2 radical (unpaired) electrons. The highest BCUT2D eigenvalue weighted by Crippen LogP contribution is 2.08. The molecule has 0 aliphatic heterocycles. The normalized spacial score (nSPS) is 12.5. The standard InChI is InChI=1S/C9H9BO/c1-7(10)9(11)8-5-3-2-4-6-8/h2-7H,1H3. The zero-order valence-corrected chi connectivity index (χ0v) is 6.45. The minimum absolute atomic E-state index is 0.00870. The molecule has 0 bridgehead atoms. The number of ketones is 1. The third-order valence-corrected chi connectivity index (χ3v) is 1.47. The van der Waals surface area contributed by atoms with Crippen LogP contribution in [0.2, 0.25) is 5.82 Å². The van der Waals surface area contributed by atoms with Crippen LogP contribution in [0.5, 0.6) is 0 Å². The van der Waals surface area contributed by atoms with Crippen molar-refractivity contribution in [2.24, 2.45) is 0 Å². The van der Waals surface area contributed by atoms with E-state index in [9.17, 15) is 4.79 Å². The molecule has 1 rings (SSSR count). The fourth-order valence-corrected chi connectivity index (χ4v) is 0.865. The van der Waals surface area contributed by atoms with Gasteiger partial charge in [0.15, 0.2) is 5.78 Å². The van der Waals surface area contributed by atoms with Gasteiger partial charge >= 0.3 is 0 Å². The van der Waals surface area contributed by atoms with Crippen molar-refractivity contribution in [2.75, 3.05) is 0 Å². The van der Waals surface area contributed by atoms with Gasteiger partial charge in [-0.3, -0.25) is 4.79 Å². The van der Waals surface area contributed by atoms with Crippen LogP contribution < -0.4 is 0 Å². The predicted octanol–water partition coefficient (Wildman–Crippen LogP) is 1.85. The minimum Gasteiger partial charge on any atom is -0.295 e. The summed E-state index contributed by atoms with van der Waals surface area (Å²) in [6.07, 6.45) is 0. The van der Waals surface area contributed by atoms with Gasteiger partial charge in [-0.25, -0.2) is 0 Å². The van der Waals surface area contributed by atoms with Gasteiger partial charge in [0.25, 0.3) is 0 Å². The molecule has 1 aromatic rings. The first kappa shape index (κ1) is 8.06. The lowest BCUT2D eigenvalue weighted by Gasteiger charge is -2.02. The lowest BCUT2D eigenvalue weighted by atomic mass is 9.83. The Labute approximate surface area is 67.8 Å². The predicted molar refractivity (Wildman–Crippen MR) is 46.0 cm³/mol. The van der Waals surface area contributed by atoms with Crippen LogP contribution in [0.4, 0.5) is 0 Å². The van der Waals surface area contributed by atoms with Crippen molar-refractivity contribution in [3.05, 3.63) is 35.9 Å². The number of Topliss-reactive ketones (excluding diaryl/α,β-unsaturated/α-hetero) is 1. The van der Waals surface area contributed by atoms with Gasteiger partial charge in [0, 0.05) is 5.56 Å². The van der Waals surface area contributed by atoms with Crippen molar-refractivity contribution in [3.8, 4) is 0 Å². The van der Waals surface area contributed by atoms with E-state index in [-0.39, 0.29) is 5.78 Å². The van der Waals surface area contributed by atoms with E-state index in [2.05, 4.69) is 0 Å². The van der Waals surface area contributed by atoms with Crippen molar-refractivity contribution in [2.45, 2.75) is 12.7 Å². The molecule has 0 saturated heterocycles. The molecule has 11 heavy (non-hydrogen) atoms. The Morgan fingerprint density at radius 1 is 1.36 bits per heavy atom. The quantitative estimate of drug-likeness (QED) is 0.457. The van der Waals surface area contributed by atoms with Gasteiger partial charge in [-0.05, 0) is 5.82 Å². The summed E-state index contributed by atoms with van der Waals surface area (Å²) in [6, 6.07) is 9.07. The zero-order valence-electron chi connectivity index (χ0n) is 6.45. The summed E-state index contributed by atoms with van der Waals surface area (Å²) < 4.78 is 0. The second kappa shape index (κ2) is 3.38. The summed E-state index contributed by atoms with van der Waals surface area (Å²) >= 11 is 0. The lowest BCUT2D eigenvalue weighted by Crippen LogP contribution is -2.04. The van der Waals surface area contributed by atoms with E-state index < -0.39 is 5.82 Å². The van der Waals surface area contributed by atoms with Crippen LogP contribution in [0.15, 0.2) is 30.3 Å². The first-order valence-corrected chi connectivity index (χ1v) is 3.56. The Bertz CT molecular complexity index is 241. The maximum absolute atomic E-state index is 11.2. The number of rotatable bonds is 2. The molecule has 1 unspecified atom stereocenters. The van der Waals surface area contributed by atoms with Crippen LogP contribution in [-0.2, 0) is 0 Å². The first-order chi connectivity index (χ1) is 5.22. The minimum atomic E-state index is -0.405. The van der Waals surface area contributed by atoms with Gasteiger partial charge in [-0.2, -0.15) is 0 Å². The monoisotopic (exact) mass is 144 g/mol. The van der Waals surface area contributed by atoms with Gasteiger partial charge in [-0.1, -0.05) is 37.3 Å².